The number of carbonyl (C=O) groups is 1. The number of anilines is 1. The van der Waals surface area contributed by atoms with E-state index in [1.165, 1.54) is 5.56 Å². The highest BCUT2D eigenvalue weighted by Gasteiger charge is 2.22. The highest BCUT2D eigenvalue weighted by molar-refractivity contribution is 7.22. The number of halogens is 1. The number of amides is 1. The van der Waals surface area contributed by atoms with Gasteiger partial charge in [-0.05, 0) is 81.5 Å². The van der Waals surface area contributed by atoms with Gasteiger partial charge in [0.1, 0.15) is 11.5 Å². The van der Waals surface area contributed by atoms with Crippen molar-refractivity contribution in [3.8, 4) is 11.5 Å². The molecule has 0 aliphatic heterocycles. The molecule has 0 saturated heterocycles. The van der Waals surface area contributed by atoms with Gasteiger partial charge in [-0.2, -0.15) is 0 Å². The van der Waals surface area contributed by atoms with Crippen molar-refractivity contribution >= 4 is 45.0 Å². The second-order valence-electron chi connectivity index (χ2n) is 8.05. The van der Waals surface area contributed by atoms with Crippen LogP contribution in [0.4, 0.5) is 5.13 Å². The molecule has 0 fully saturated rings. The quantitative estimate of drug-likeness (QED) is 0.309. The molecule has 3 aromatic carbocycles. The molecule has 0 aliphatic rings. The Labute approximate surface area is 205 Å². The summed E-state index contributed by atoms with van der Waals surface area (Å²) in [4.78, 5) is 22.2. The minimum absolute atomic E-state index is 0. The van der Waals surface area contributed by atoms with Crippen LogP contribution >= 0.6 is 23.7 Å². The number of rotatable bonds is 7. The lowest BCUT2D eigenvalue weighted by molar-refractivity contribution is 0.0985. The summed E-state index contributed by atoms with van der Waals surface area (Å²) < 4.78 is 6.95. The Kier molecular flexibility index (Phi) is 8.08. The van der Waals surface area contributed by atoms with Crippen LogP contribution in [0.5, 0.6) is 11.5 Å². The van der Waals surface area contributed by atoms with Crippen molar-refractivity contribution in [2.45, 2.75) is 13.8 Å². The maximum absolute atomic E-state index is 13.5. The van der Waals surface area contributed by atoms with Gasteiger partial charge in [0.05, 0.1) is 10.2 Å². The SMILES string of the molecule is Cc1ccc2sc(N(CCN(C)C)C(=O)c3ccc(Oc4ccccc4)cc3)nc2c1C.Cl. The number of nitrogens with zero attached hydrogens (tertiary/aromatic N) is 3. The molecule has 5 nitrogen and oxygen atoms in total. The molecule has 33 heavy (non-hydrogen) atoms. The average molecular weight is 482 g/mol. The van der Waals surface area contributed by atoms with E-state index in [-0.39, 0.29) is 18.3 Å². The number of fused-ring (bicyclic) bond motifs is 1. The summed E-state index contributed by atoms with van der Waals surface area (Å²) in [7, 11) is 4.01. The third-order valence-corrected chi connectivity index (χ3v) is 6.44. The number of thiazole rings is 1. The Morgan fingerprint density at radius 2 is 1.58 bits per heavy atom. The second kappa shape index (κ2) is 10.8. The molecular formula is C26H28ClN3O2S. The van der Waals surface area contributed by atoms with Gasteiger partial charge in [0.25, 0.3) is 5.91 Å². The summed E-state index contributed by atoms with van der Waals surface area (Å²) in [5, 5.41) is 0.727. The molecule has 7 heteroatoms. The third kappa shape index (κ3) is 5.71. The van der Waals surface area contributed by atoms with E-state index >= 15 is 0 Å². The Morgan fingerprint density at radius 3 is 2.24 bits per heavy atom. The monoisotopic (exact) mass is 481 g/mol. The fourth-order valence-electron chi connectivity index (χ4n) is 3.36. The van der Waals surface area contributed by atoms with Gasteiger partial charge in [-0.25, -0.2) is 4.98 Å². The van der Waals surface area contributed by atoms with Crippen LogP contribution in [0.3, 0.4) is 0 Å². The number of aryl methyl sites for hydroxylation is 2. The highest BCUT2D eigenvalue weighted by atomic mass is 35.5. The maximum Gasteiger partial charge on any atom is 0.260 e. The van der Waals surface area contributed by atoms with E-state index in [2.05, 4.69) is 30.9 Å². The molecule has 1 amide bonds. The van der Waals surface area contributed by atoms with E-state index in [0.717, 1.165) is 33.2 Å². The molecule has 1 heterocycles. The predicted octanol–water partition coefficient (Wildman–Crippen LogP) is 6.34. The fourth-order valence-corrected chi connectivity index (χ4v) is 4.41. The number of ether oxygens (including phenoxy) is 1. The van der Waals surface area contributed by atoms with Crippen LogP contribution in [0, 0.1) is 13.8 Å². The number of para-hydroxylation sites is 1. The molecule has 4 aromatic rings. The van der Waals surface area contributed by atoms with Gasteiger partial charge in [0.2, 0.25) is 0 Å². The Bertz CT molecular complexity index is 1220. The summed E-state index contributed by atoms with van der Waals surface area (Å²) >= 11 is 1.56. The van der Waals surface area contributed by atoms with Crippen LogP contribution < -0.4 is 9.64 Å². The van der Waals surface area contributed by atoms with E-state index in [9.17, 15) is 4.79 Å². The predicted molar refractivity (Wildman–Crippen MR) is 140 cm³/mol. The minimum Gasteiger partial charge on any atom is -0.457 e. The van der Waals surface area contributed by atoms with Gasteiger partial charge in [0, 0.05) is 18.7 Å². The number of aromatic nitrogens is 1. The van der Waals surface area contributed by atoms with Gasteiger partial charge in [-0.1, -0.05) is 35.6 Å². The molecule has 0 bridgehead atoms. The zero-order valence-electron chi connectivity index (χ0n) is 19.2. The Balaban J connectivity index is 0.00000306. The molecule has 0 atom stereocenters. The van der Waals surface area contributed by atoms with Gasteiger partial charge in [-0.3, -0.25) is 9.69 Å². The minimum atomic E-state index is -0.0634. The summed E-state index contributed by atoms with van der Waals surface area (Å²) in [5.41, 5.74) is 3.94. The van der Waals surface area contributed by atoms with E-state index in [1.54, 1.807) is 16.2 Å². The summed E-state index contributed by atoms with van der Waals surface area (Å²) in [6.45, 7) is 5.47. The van der Waals surface area contributed by atoms with Crippen LogP contribution in [0.25, 0.3) is 10.2 Å². The van der Waals surface area contributed by atoms with Crippen molar-refractivity contribution < 1.29 is 9.53 Å². The zero-order chi connectivity index (χ0) is 22.7. The van der Waals surface area contributed by atoms with Crippen LogP contribution in [0.1, 0.15) is 21.5 Å². The largest absolute Gasteiger partial charge is 0.457 e. The van der Waals surface area contributed by atoms with Crippen molar-refractivity contribution in [3.63, 3.8) is 0 Å². The van der Waals surface area contributed by atoms with Crippen LogP contribution in [0.2, 0.25) is 0 Å². The van der Waals surface area contributed by atoms with Crippen molar-refractivity contribution in [2.75, 3.05) is 32.1 Å². The van der Waals surface area contributed by atoms with Crippen LogP contribution in [-0.2, 0) is 0 Å². The smallest absolute Gasteiger partial charge is 0.260 e. The van der Waals surface area contributed by atoms with Gasteiger partial charge < -0.3 is 9.64 Å². The van der Waals surface area contributed by atoms with Gasteiger partial charge in [0.15, 0.2) is 5.13 Å². The molecule has 0 unspecified atom stereocenters. The maximum atomic E-state index is 13.5. The molecular weight excluding hydrogens is 454 g/mol. The lowest BCUT2D eigenvalue weighted by atomic mass is 10.1. The fraction of sp³-hybridized carbons (Fsp3) is 0.231. The summed E-state index contributed by atoms with van der Waals surface area (Å²) in [6, 6.07) is 21.1. The Hall–Kier alpha value is -2.93. The molecule has 0 aliphatic carbocycles. The van der Waals surface area contributed by atoms with Crippen molar-refractivity contribution in [1.29, 1.82) is 0 Å². The molecule has 0 N–H and O–H groups in total. The van der Waals surface area contributed by atoms with Gasteiger partial charge in [-0.15, -0.1) is 12.4 Å². The third-order valence-electron chi connectivity index (χ3n) is 5.40. The molecule has 172 valence electrons. The first-order valence-corrected chi connectivity index (χ1v) is 11.4. The lowest BCUT2D eigenvalue weighted by Gasteiger charge is -2.22. The average Bonchev–Trinajstić information content (AvgIpc) is 3.22. The van der Waals surface area contributed by atoms with E-state index in [4.69, 9.17) is 9.72 Å². The van der Waals surface area contributed by atoms with E-state index in [1.807, 2.05) is 68.7 Å². The van der Waals surface area contributed by atoms with Gasteiger partial charge >= 0.3 is 0 Å². The number of likely N-dealkylation sites (N-methyl/N-ethyl adjacent to an activating group) is 1. The summed E-state index contributed by atoms with van der Waals surface area (Å²) in [5.74, 6) is 1.39. The second-order valence-corrected chi connectivity index (χ2v) is 9.06. The number of carbonyl (C=O) groups excluding carboxylic acids is 1. The molecule has 4 rings (SSSR count). The standard InChI is InChI=1S/C26H27N3O2S.ClH/c1-18-10-15-23-24(19(18)2)27-26(32-23)29(17-16-28(3)4)25(30)20-11-13-22(14-12-20)31-21-8-6-5-7-9-21;/h5-15H,16-17H2,1-4H3;1H. The normalized spacial score (nSPS) is 10.8. The van der Waals surface area contributed by atoms with Crippen LogP contribution in [0.15, 0.2) is 66.7 Å². The number of hydrogen-bond donors (Lipinski definition) is 0. The van der Waals surface area contributed by atoms with E-state index < -0.39 is 0 Å². The number of benzene rings is 3. The molecule has 0 saturated carbocycles. The van der Waals surface area contributed by atoms with Crippen LogP contribution in [-0.4, -0.2) is 43.0 Å². The first-order chi connectivity index (χ1) is 15.4. The highest BCUT2D eigenvalue weighted by Crippen LogP contribution is 2.33. The zero-order valence-corrected chi connectivity index (χ0v) is 20.9. The van der Waals surface area contributed by atoms with Crippen molar-refractivity contribution in [2.24, 2.45) is 0 Å². The topological polar surface area (TPSA) is 45.7 Å². The molecule has 0 spiro atoms. The van der Waals surface area contributed by atoms with E-state index in [0.29, 0.717) is 17.9 Å². The lowest BCUT2D eigenvalue weighted by Crippen LogP contribution is -2.36. The molecule has 1 aromatic heterocycles. The first-order valence-electron chi connectivity index (χ1n) is 10.6. The first kappa shape index (κ1) is 24.7. The van der Waals surface area contributed by atoms with Crippen molar-refractivity contribution in [1.82, 2.24) is 9.88 Å². The van der Waals surface area contributed by atoms with Crippen molar-refractivity contribution in [3.05, 3.63) is 83.4 Å². The number of hydrogen-bond acceptors (Lipinski definition) is 5. The molecule has 0 radical (unpaired) electrons. The summed E-state index contributed by atoms with van der Waals surface area (Å²) in [6.07, 6.45) is 0. The Morgan fingerprint density at radius 1 is 0.909 bits per heavy atom.